The third-order valence-corrected chi connectivity index (χ3v) is 3.24. The Morgan fingerprint density at radius 2 is 1.89 bits per heavy atom. The number of aryl methyl sites for hydroxylation is 1. The Hall–Kier alpha value is -2.13. The molecule has 0 bridgehead atoms. The average molecular weight is 271 g/mol. The van der Waals surface area contributed by atoms with E-state index in [0.717, 1.165) is 11.2 Å². The zero-order valence-corrected chi connectivity index (χ0v) is 11.1. The number of carbonyl (C=O) groups excluding carboxylic acids is 1. The van der Waals surface area contributed by atoms with Crippen molar-refractivity contribution in [3.63, 3.8) is 0 Å². The maximum Gasteiger partial charge on any atom is 0.211 e. The fourth-order valence-electron chi connectivity index (χ4n) is 2.00. The second kappa shape index (κ2) is 4.52. The molecular formula is C15H11ClN2O. The second-order valence-corrected chi connectivity index (χ2v) is 4.85. The number of hydrogen-bond donors (Lipinski definition) is 0. The summed E-state index contributed by atoms with van der Waals surface area (Å²) in [5, 5.41) is 0.616. The van der Waals surface area contributed by atoms with Crippen LogP contribution in [0.1, 0.15) is 21.6 Å². The molecule has 94 valence electrons. The topological polar surface area (TPSA) is 34.4 Å². The lowest BCUT2D eigenvalue weighted by Crippen LogP contribution is -2.05. The van der Waals surface area contributed by atoms with Crippen molar-refractivity contribution in [2.24, 2.45) is 0 Å². The number of hydrogen-bond acceptors (Lipinski definition) is 2. The second-order valence-electron chi connectivity index (χ2n) is 4.41. The summed E-state index contributed by atoms with van der Waals surface area (Å²) in [6.45, 7) is 1.98. The third-order valence-electron chi connectivity index (χ3n) is 2.99. The van der Waals surface area contributed by atoms with Crippen LogP contribution in [0.5, 0.6) is 0 Å². The first-order valence-corrected chi connectivity index (χ1v) is 6.27. The zero-order chi connectivity index (χ0) is 13.4. The van der Waals surface area contributed by atoms with Crippen LogP contribution in [0.2, 0.25) is 5.02 Å². The first-order chi connectivity index (χ1) is 9.15. The SMILES string of the molecule is Cc1ccc2ncc(C(=O)c3ccc(Cl)cc3)n2c1. The maximum absolute atomic E-state index is 12.4. The smallest absolute Gasteiger partial charge is 0.211 e. The Balaban J connectivity index is 2.11. The maximum atomic E-state index is 12.4. The molecule has 0 radical (unpaired) electrons. The Labute approximate surface area is 115 Å². The molecule has 0 atom stereocenters. The van der Waals surface area contributed by atoms with E-state index in [2.05, 4.69) is 4.98 Å². The molecule has 2 heterocycles. The predicted octanol–water partition coefficient (Wildman–Crippen LogP) is 3.53. The largest absolute Gasteiger partial charge is 0.296 e. The molecule has 1 aromatic carbocycles. The molecule has 19 heavy (non-hydrogen) atoms. The summed E-state index contributed by atoms with van der Waals surface area (Å²) in [6.07, 6.45) is 3.51. The van der Waals surface area contributed by atoms with Crippen molar-refractivity contribution in [1.82, 2.24) is 9.38 Å². The molecule has 0 unspecified atom stereocenters. The fourth-order valence-corrected chi connectivity index (χ4v) is 2.13. The summed E-state index contributed by atoms with van der Waals surface area (Å²) in [5.74, 6) is -0.0604. The number of rotatable bonds is 2. The van der Waals surface area contributed by atoms with E-state index in [1.165, 1.54) is 0 Å². The first kappa shape index (κ1) is 11.9. The van der Waals surface area contributed by atoms with Gasteiger partial charge in [0, 0.05) is 16.8 Å². The Morgan fingerprint density at radius 1 is 1.16 bits per heavy atom. The van der Waals surface area contributed by atoms with Gasteiger partial charge in [-0.25, -0.2) is 4.98 Å². The quantitative estimate of drug-likeness (QED) is 0.668. The summed E-state index contributed by atoms with van der Waals surface area (Å²) < 4.78 is 1.81. The van der Waals surface area contributed by atoms with Crippen LogP contribution in [-0.4, -0.2) is 15.2 Å². The number of ketones is 1. The summed E-state index contributed by atoms with van der Waals surface area (Å²) in [5.41, 5.74) is 3.01. The standard InChI is InChI=1S/C15H11ClN2O/c1-10-2-7-14-17-8-13(18(14)9-10)15(19)11-3-5-12(16)6-4-11/h2-9H,1H3. The van der Waals surface area contributed by atoms with Gasteiger partial charge in [0.2, 0.25) is 5.78 Å². The van der Waals surface area contributed by atoms with Crippen molar-refractivity contribution < 1.29 is 4.79 Å². The van der Waals surface area contributed by atoms with Crippen LogP contribution in [-0.2, 0) is 0 Å². The van der Waals surface area contributed by atoms with Crippen LogP contribution < -0.4 is 0 Å². The molecule has 0 aliphatic carbocycles. The average Bonchev–Trinajstić information content (AvgIpc) is 2.81. The molecular weight excluding hydrogens is 260 g/mol. The first-order valence-electron chi connectivity index (χ1n) is 5.89. The summed E-state index contributed by atoms with van der Waals surface area (Å²) in [7, 11) is 0. The van der Waals surface area contributed by atoms with Crippen LogP contribution in [0.4, 0.5) is 0 Å². The lowest BCUT2D eigenvalue weighted by atomic mass is 10.1. The van der Waals surface area contributed by atoms with E-state index in [1.807, 2.05) is 29.7 Å². The number of benzene rings is 1. The Bertz CT molecular complexity index is 759. The van der Waals surface area contributed by atoms with E-state index in [4.69, 9.17) is 11.6 Å². The van der Waals surface area contributed by atoms with Crippen molar-refractivity contribution >= 4 is 23.0 Å². The number of aromatic nitrogens is 2. The van der Waals surface area contributed by atoms with Crippen molar-refractivity contribution in [3.05, 3.63) is 70.6 Å². The van der Waals surface area contributed by atoms with E-state index in [0.29, 0.717) is 16.3 Å². The molecule has 0 saturated carbocycles. The number of imidazole rings is 1. The predicted molar refractivity (Wildman–Crippen MR) is 74.8 cm³/mol. The fraction of sp³-hybridized carbons (Fsp3) is 0.0667. The van der Waals surface area contributed by atoms with E-state index < -0.39 is 0 Å². The number of halogens is 1. The highest BCUT2D eigenvalue weighted by Crippen LogP contribution is 2.15. The Morgan fingerprint density at radius 3 is 2.63 bits per heavy atom. The molecule has 4 heteroatoms. The van der Waals surface area contributed by atoms with Gasteiger partial charge in [-0.15, -0.1) is 0 Å². The highest BCUT2D eigenvalue weighted by molar-refractivity contribution is 6.30. The van der Waals surface area contributed by atoms with Gasteiger partial charge in [-0.2, -0.15) is 0 Å². The minimum atomic E-state index is -0.0604. The van der Waals surface area contributed by atoms with Gasteiger partial charge in [0.05, 0.1) is 6.20 Å². The summed E-state index contributed by atoms with van der Waals surface area (Å²) in [4.78, 5) is 16.7. The van der Waals surface area contributed by atoms with Gasteiger partial charge in [-0.05, 0) is 42.8 Å². The van der Waals surface area contributed by atoms with Gasteiger partial charge in [0.15, 0.2) is 0 Å². The summed E-state index contributed by atoms with van der Waals surface area (Å²) >= 11 is 5.83. The van der Waals surface area contributed by atoms with Crippen LogP contribution in [0.25, 0.3) is 5.65 Å². The molecule has 2 aromatic heterocycles. The van der Waals surface area contributed by atoms with Crippen molar-refractivity contribution in [2.75, 3.05) is 0 Å². The molecule has 0 fully saturated rings. The highest BCUT2D eigenvalue weighted by atomic mass is 35.5. The van der Waals surface area contributed by atoms with E-state index in [1.54, 1.807) is 30.5 Å². The van der Waals surface area contributed by atoms with E-state index in [9.17, 15) is 4.79 Å². The van der Waals surface area contributed by atoms with Crippen LogP contribution >= 0.6 is 11.6 Å². The number of carbonyl (C=O) groups is 1. The van der Waals surface area contributed by atoms with Crippen LogP contribution in [0.3, 0.4) is 0 Å². The molecule has 0 aliphatic heterocycles. The molecule has 0 amide bonds. The van der Waals surface area contributed by atoms with Gasteiger partial charge >= 0.3 is 0 Å². The minimum absolute atomic E-state index is 0.0604. The number of fused-ring (bicyclic) bond motifs is 1. The van der Waals surface area contributed by atoms with Crippen molar-refractivity contribution in [3.8, 4) is 0 Å². The monoisotopic (exact) mass is 270 g/mol. The van der Waals surface area contributed by atoms with Gasteiger partial charge in [0.25, 0.3) is 0 Å². The molecule has 0 N–H and O–H groups in total. The zero-order valence-electron chi connectivity index (χ0n) is 10.3. The van der Waals surface area contributed by atoms with Gasteiger partial charge in [0.1, 0.15) is 11.3 Å². The van der Waals surface area contributed by atoms with Gasteiger partial charge < -0.3 is 0 Å². The Kier molecular flexibility index (Phi) is 2.84. The number of nitrogens with zero attached hydrogens (tertiary/aromatic N) is 2. The van der Waals surface area contributed by atoms with Crippen molar-refractivity contribution in [1.29, 1.82) is 0 Å². The molecule has 3 nitrogen and oxygen atoms in total. The highest BCUT2D eigenvalue weighted by Gasteiger charge is 2.14. The van der Waals surface area contributed by atoms with E-state index in [-0.39, 0.29) is 5.78 Å². The lowest BCUT2D eigenvalue weighted by molar-refractivity contribution is 0.103. The minimum Gasteiger partial charge on any atom is -0.296 e. The normalized spacial score (nSPS) is 10.8. The van der Waals surface area contributed by atoms with Gasteiger partial charge in [-0.3, -0.25) is 9.20 Å². The molecule has 0 saturated heterocycles. The molecule has 3 rings (SSSR count). The summed E-state index contributed by atoms with van der Waals surface area (Å²) in [6, 6.07) is 10.7. The lowest BCUT2D eigenvalue weighted by Gasteiger charge is -2.02. The van der Waals surface area contributed by atoms with Crippen LogP contribution in [0.15, 0.2) is 48.8 Å². The van der Waals surface area contributed by atoms with E-state index >= 15 is 0 Å². The third kappa shape index (κ3) is 2.13. The van der Waals surface area contributed by atoms with Crippen LogP contribution in [0, 0.1) is 6.92 Å². The van der Waals surface area contributed by atoms with Crippen molar-refractivity contribution in [2.45, 2.75) is 6.92 Å². The number of pyridine rings is 1. The van der Waals surface area contributed by atoms with Gasteiger partial charge in [-0.1, -0.05) is 17.7 Å². The molecule has 0 aliphatic rings. The molecule has 3 aromatic rings. The molecule has 0 spiro atoms.